The third-order valence-corrected chi connectivity index (χ3v) is 2.73. The van der Waals surface area contributed by atoms with Gasteiger partial charge in [0.25, 0.3) is 5.91 Å². The summed E-state index contributed by atoms with van der Waals surface area (Å²) in [5.74, 6) is 0.234. The molecule has 86 valence electrons. The van der Waals surface area contributed by atoms with E-state index in [1.54, 1.807) is 6.21 Å². The maximum Gasteiger partial charge on any atom is 0.258 e. The Bertz CT molecular complexity index is 507. The highest BCUT2D eigenvalue weighted by Crippen LogP contribution is 2.13. The van der Waals surface area contributed by atoms with Crippen molar-refractivity contribution in [3.05, 3.63) is 35.9 Å². The summed E-state index contributed by atoms with van der Waals surface area (Å²) in [6.07, 6.45) is 1.61. The molecule has 1 amide bonds. The van der Waals surface area contributed by atoms with E-state index < -0.39 is 0 Å². The number of carbonyl (C=O) groups excluding carboxylic acids is 1. The van der Waals surface area contributed by atoms with Gasteiger partial charge in [0.1, 0.15) is 0 Å². The number of hydrogen-bond donors (Lipinski definition) is 1. The lowest BCUT2D eigenvalue weighted by Crippen LogP contribution is -2.10. The summed E-state index contributed by atoms with van der Waals surface area (Å²) in [6, 6.07) is 9.54. The van der Waals surface area contributed by atoms with Crippen molar-refractivity contribution in [2.24, 2.45) is 20.7 Å². The first-order valence-electron chi connectivity index (χ1n) is 4.91. The number of nitrogens with zero attached hydrogens (tertiary/aromatic N) is 3. The Morgan fingerprint density at radius 1 is 1.41 bits per heavy atom. The van der Waals surface area contributed by atoms with Crippen LogP contribution in [0, 0.1) is 0 Å². The second kappa shape index (κ2) is 5.40. The number of hydrogen-bond acceptors (Lipinski definition) is 3. The highest BCUT2D eigenvalue weighted by molar-refractivity contribution is 8.14. The van der Waals surface area contributed by atoms with E-state index in [1.807, 2.05) is 30.3 Å². The Morgan fingerprint density at radius 3 is 2.82 bits per heavy atom. The van der Waals surface area contributed by atoms with Gasteiger partial charge in [-0.25, -0.2) is 4.99 Å². The molecule has 1 aliphatic rings. The van der Waals surface area contributed by atoms with E-state index in [0.717, 1.165) is 5.56 Å². The van der Waals surface area contributed by atoms with Crippen LogP contribution in [0.4, 0.5) is 0 Å². The molecular formula is C11H10N4OS. The highest BCUT2D eigenvalue weighted by Gasteiger charge is 2.13. The SMILES string of the molecule is NC(=N/C1=NC(=O)CS1)/N=C/c1ccccc1. The number of benzene rings is 1. The van der Waals surface area contributed by atoms with Crippen LogP contribution in [0.5, 0.6) is 0 Å². The minimum Gasteiger partial charge on any atom is -0.368 e. The maximum absolute atomic E-state index is 10.9. The number of rotatable bonds is 1. The Morgan fingerprint density at radius 2 is 2.18 bits per heavy atom. The Labute approximate surface area is 103 Å². The Balaban J connectivity index is 2.04. The molecule has 5 nitrogen and oxygen atoms in total. The minimum absolute atomic E-state index is 0.0924. The Hall–Kier alpha value is -1.95. The molecule has 2 rings (SSSR count). The lowest BCUT2D eigenvalue weighted by molar-refractivity contribution is -0.115. The summed E-state index contributed by atoms with van der Waals surface area (Å²) in [5.41, 5.74) is 6.53. The van der Waals surface area contributed by atoms with Gasteiger partial charge in [-0.3, -0.25) is 4.79 Å². The first-order chi connectivity index (χ1) is 8.24. The van der Waals surface area contributed by atoms with Gasteiger partial charge in [0.15, 0.2) is 5.17 Å². The van der Waals surface area contributed by atoms with Gasteiger partial charge in [-0.05, 0) is 5.56 Å². The molecule has 1 heterocycles. The molecule has 1 aromatic carbocycles. The van der Waals surface area contributed by atoms with Crippen molar-refractivity contribution in [3.63, 3.8) is 0 Å². The van der Waals surface area contributed by atoms with Gasteiger partial charge in [-0.1, -0.05) is 42.1 Å². The smallest absolute Gasteiger partial charge is 0.258 e. The van der Waals surface area contributed by atoms with Crippen LogP contribution in [0.15, 0.2) is 45.3 Å². The fourth-order valence-corrected chi connectivity index (χ4v) is 1.80. The summed E-state index contributed by atoms with van der Waals surface area (Å²) in [4.78, 5) is 22.5. The fraction of sp³-hybridized carbons (Fsp3) is 0.0909. The van der Waals surface area contributed by atoms with Gasteiger partial charge in [0.05, 0.1) is 5.75 Å². The van der Waals surface area contributed by atoms with Crippen LogP contribution in [0.1, 0.15) is 5.56 Å². The van der Waals surface area contributed by atoms with E-state index in [-0.39, 0.29) is 11.9 Å². The fourth-order valence-electron chi connectivity index (χ4n) is 1.16. The standard InChI is InChI=1S/C11H10N4OS/c12-10(15-11-14-9(16)7-17-11)13-6-8-4-2-1-3-5-8/h1-6H,7H2,(H2,12,14,15,16)/b13-6+. The average molecular weight is 246 g/mol. The summed E-state index contributed by atoms with van der Waals surface area (Å²) < 4.78 is 0. The Kier molecular flexibility index (Phi) is 3.66. The molecular weight excluding hydrogens is 236 g/mol. The number of aliphatic imine (C=N–C) groups is 3. The molecule has 1 aromatic rings. The number of amides is 1. The summed E-state index contributed by atoms with van der Waals surface area (Å²) in [6.45, 7) is 0. The summed E-state index contributed by atoms with van der Waals surface area (Å²) in [5, 5.41) is 0.373. The van der Waals surface area contributed by atoms with Crippen molar-refractivity contribution < 1.29 is 4.79 Å². The number of amidine groups is 1. The first kappa shape index (κ1) is 11.5. The molecule has 0 aromatic heterocycles. The predicted molar refractivity (Wildman–Crippen MR) is 70.6 cm³/mol. The zero-order valence-electron chi connectivity index (χ0n) is 8.91. The highest BCUT2D eigenvalue weighted by atomic mass is 32.2. The zero-order valence-corrected chi connectivity index (χ0v) is 9.72. The number of carbonyl (C=O) groups is 1. The first-order valence-corrected chi connectivity index (χ1v) is 5.90. The maximum atomic E-state index is 10.9. The molecule has 0 fully saturated rings. The van der Waals surface area contributed by atoms with Crippen LogP contribution < -0.4 is 5.73 Å². The van der Waals surface area contributed by atoms with Crippen LogP contribution in [0.3, 0.4) is 0 Å². The molecule has 1 aliphatic heterocycles. The molecule has 0 bridgehead atoms. The van der Waals surface area contributed by atoms with Crippen LogP contribution in [0.25, 0.3) is 0 Å². The number of nitrogens with two attached hydrogens (primary N) is 1. The van der Waals surface area contributed by atoms with E-state index in [2.05, 4.69) is 15.0 Å². The molecule has 0 spiro atoms. The van der Waals surface area contributed by atoms with Crippen LogP contribution in [0.2, 0.25) is 0 Å². The van der Waals surface area contributed by atoms with Crippen LogP contribution in [-0.2, 0) is 4.79 Å². The van der Waals surface area contributed by atoms with Crippen molar-refractivity contribution in [3.8, 4) is 0 Å². The van der Waals surface area contributed by atoms with Gasteiger partial charge >= 0.3 is 0 Å². The van der Waals surface area contributed by atoms with E-state index in [4.69, 9.17) is 5.73 Å². The van der Waals surface area contributed by atoms with Crippen molar-refractivity contribution in [1.82, 2.24) is 0 Å². The van der Waals surface area contributed by atoms with E-state index in [1.165, 1.54) is 11.8 Å². The molecule has 0 saturated heterocycles. The summed E-state index contributed by atoms with van der Waals surface area (Å²) >= 11 is 1.26. The molecule has 0 unspecified atom stereocenters. The third-order valence-electron chi connectivity index (χ3n) is 1.90. The quantitative estimate of drug-likeness (QED) is 0.594. The number of thioether (sulfide) groups is 1. The van der Waals surface area contributed by atoms with E-state index in [9.17, 15) is 4.79 Å². The third kappa shape index (κ3) is 3.53. The van der Waals surface area contributed by atoms with Crippen molar-refractivity contribution in [1.29, 1.82) is 0 Å². The summed E-state index contributed by atoms with van der Waals surface area (Å²) in [7, 11) is 0. The molecule has 0 aliphatic carbocycles. The largest absolute Gasteiger partial charge is 0.368 e. The van der Waals surface area contributed by atoms with E-state index in [0.29, 0.717) is 10.9 Å². The second-order valence-corrected chi connectivity index (χ2v) is 4.16. The van der Waals surface area contributed by atoms with Crippen LogP contribution >= 0.6 is 11.8 Å². The molecule has 0 atom stereocenters. The molecule has 6 heteroatoms. The second-order valence-electron chi connectivity index (χ2n) is 3.22. The lowest BCUT2D eigenvalue weighted by Gasteiger charge is -1.93. The van der Waals surface area contributed by atoms with Crippen LogP contribution in [-0.4, -0.2) is 29.0 Å². The van der Waals surface area contributed by atoms with Crippen molar-refractivity contribution >= 4 is 35.0 Å². The predicted octanol–water partition coefficient (Wildman–Crippen LogP) is 1.05. The van der Waals surface area contributed by atoms with Gasteiger partial charge in [-0.2, -0.15) is 9.98 Å². The normalized spacial score (nSPS) is 16.6. The number of guanidine groups is 1. The monoisotopic (exact) mass is 246 g/mol. The van der Waals surface area contributed by atoms with E-state index >= 15 is 0 Å². The van der Waals surface area contributed by atoms with Crippen molar-refractivity contribution in [2.45, 2.75) is 0 Å². The lowest BCUT2D eigenvalue weighted by atomic mass is 10.2. The molecule has 17 heavy (non-hydrogen) atoms. The molecule has 0 radical (unpaired) electrons. The molecule has 0 saturated carbocycles. The molecule has 2 N–H and O–H groups in total. The van der Waals surface area contributed by atoms with Gasteiger partial charge < -0.3 is 5.73 Å². The topological polar surface area (TPSA) is 80.2 Å². The van der Waals surface area contributed by atoms with Crippen molar-refractivity contribution in [2.75, 3.05) is 5.75 Å². The minimum atomic E-state index is -0.186. The average Bonchev–Trinajstić information content (AvgIpc) is 2.73. The van der Waals surface area contributed by atoms with Gasteiger partial charge in [0, 0.05) is 6.21 Å². The van der Waals surface area contributed by atoms with Gasteiger partial charge in [0.2, 0.25) is 5.96 Å². The zero-order chi connectivity index (χ0) is 12.1. The van der Waals surface area contributed by atoms with Gasteiger partial charge in [-0.15, -0.1) is 0 Å².